The second kappa shape index (κ2) is 10.9. The summed E-state index contributed by atoms with van der Waals surface area (Å²) in [5, 5.41) is 6.10. The fourth-order valence-corrected chi connectivity index (χ4v) is 5.24. The first kappa shape index (κ1) is 25.8. The molecule has 5 rings (SSSR count). The second-order valence-corrected chi connectivity index (χ2v) is 10.7. The Hall–Kier alpha value is -3.81. The molecule has 2 aromatic carbocycles. The molecule has 0 unspecified atom stereocenters. The Bertz CT molecular complexity index is 1240. The summed E-state index contributed by atoms with van der Waals surface area (Å²) in [5.74, 6) is 1.77. The number of amides is 4. The van der Waals surface area contributed by atoms with Crippen LogP contribution < -0.4 is 15.4 Å². The molecule has 0 aromatic heterocycles. The number of hydrogen-bond acceptors (Lipinski definition) is 4. The Kier molecular flexibility index (Phi) is 7.40. The molecular weight excluding hydrogens is 480 g/mol. The number of urea groups is 1. The van der Waals surface area contributed by atoms with Gasteiger partial charge in [0.15, 0.2) is 0 Å². The minimum absolute atomic E-state index is 0.115. The van der Waals surface area contributed by atoms with Crippen molar-refractivity contribution in [1.82, 2.24) is 20.4 Å². The highest BCUT2D eigenvalue weighted by atomic mass is 16.5. The zero-order chi connectivity index (χ0) is 26.8. The molecule has 0 bridgehead atoms. The number of hydrogen-bond donors (Lipinski definition) is 2. The third-order valence-electron chi connectivity index (χ3n) is 7.37. The Labute approximate surface area is 224 Å². The van der Waals surface area contributed by atoms with Crippen LogP contribution in [0.1, 0.15) is 51.6 Å². The second-order valence-electron chi connectivity index (χ2n) is 10.7. The maximum atomic E-state index is 14.0. The van der Waals surface area contributed by atoms with Crippen LogP contribution in [0.15, 0.2) is 65.9 Å². The van der Waals surface area contributed by atoms with Crippen LogP contribution in [0.5, 0.6) is 11.5 Å². The molecule has 0 saturated heterocycles. The summed E-state index contributed by atoms with van der Waals surface area (Å²) < 4.78 is 6.02. The van der Waals surface area contributed by atoms with Crippen LogP contribution in [-0.2, 0) is 9.59 Å². The van der Waals surface area contributed by atoms with Crippen molar-refractivity contribution in [3.05, 3.63) is 71.4 Å². The van der Waals surface area contributed by atoms with Crippen LogP contribution in [0.25, 0.3) is 0 Å². The summed E-state index contributed by atoms with van der Waals surface area (Å²) in [5.41, 5.74) is 1.94. The molecule has 1 fully saturated rings. The molecule has 0 spiro atoms. The first-order chi connectivity index (χ1) is 18.4. The van der Waals surface area contributed by atoms with Gasteiger partial charge in [-0.25, -0.2) is 4.79 Å². The Balaban J connectivity index is 1.44. The van der Waals surface area contributed by atoms with Crippen LogP contribution >= 0.6 is 0 Å². The Morgan fingerprint density at radius 2 is 1.82 bits per heavy atom. The van der Waals surface area contributed by atoms with Crippen molar-refractivity contribution in [3.8, 4) is 11.5 Å². The van der Waals surface area contributed by atoms with Gasteiger partial charge < -0.3 is 20.3 Å². The maximum Gasteiger partial charge on any atom is 0.322 e. The van der Waals surface area contributed by atoms with Gasteiger partial charge in [0.1, 0.15) is 17.5 Å². The van der Waals surface area contributed by atoms with Crippen molar-refractivity contribution >= 4 is 17.8 Å². The molecule has 8 nitrogen and oxygen atoms in total. The summed E-state index contributed by atoms with van der Waals surface area (Å²) in [4.78, 5) is 43.7. The molecule has 38 heavy (non-hydrogen) atoms. The molecule has 4 amide bonds. The van der Waals surface area contributed by atoms with Gasteiger partial charge in [0.25, 0.3) is 5.91 Å². The minimum Gasteiger partial charge on any atom is -0.457 e. The number of para-hydroxylation sites is 1. The lowest BCUT2D eigenvalue weighted by atomic mass is 9.95. The first-order valence-corrected chi connectivity index (χ1v) is 13.6. The van der Waals surface area contributed by atoms with Gasteiger partial charge in [0.2, 0.25) is 5.91 Å². The predicted octanol–water partition coefficient (Wildman–Crippen LogP) is 4.60. The van der Waals surface area contributed by atoms with E-state index >= 15 is 0 Å². The van der Waals surface area contributed by atoms with Crippen molar-refractivity contribution in [2.75, 3.05) is 19.6 Å². The van der Waals surface area contributed by atoms with Crippen molar-refractivity contribution in [3.63, 3.8) is 0 Å². The summed E-state index contributed by atoms with van der Waals surface area (Å²) in [6, 6.07) is 15.4. The first-order valence-electron chi connectivity index (χ1n) is 13.6. The fourth-order valence-electron chi connectivity index (χ4n) is 5.24. The van der Waals surface area contributed by atoms with E-state index in [-0.39, 0.29) is 30.3 Å². The van der Waals surface area contributed by atoms with E-state index < -0.39 is 12.1 Å². The molecular formula is C30H36N4O4. The molecule has 2 aliphatic heterocycles. The number of benzene rings is 2. The zero-order valence-electron chi connectivity index (χ0n) is 22.3. The predicted molar refractivity (Wildman–Crippen MR) is 144 cm³/mol. The minimum atomic E-state index is -0.633. The summed E-state index contributed by atoms with van der Waals surface area (Å²) in [6.07, 6.45) is 2.84. The number of ether oxygens (including phenoxy) is 1. The maximum absolute atomic E-state index is 14.0. The van der Waals surface area contributed by atoms with Crippen LogP contribution in [-0.4, -0.2) is 53.3 Å². The molecule has 200 valence electrons. The molecule has 2 aromatic rings. The van der Waals surface area contributed by atoms with E-state index in [1.165, 1.54) is 0 Å². The highest BCUT2D eigenvalue weighted by molar-refractivity contribution is 6.03. The summed E-state index contributed by atoms with van der Waals surface area (Å²) >= 11 is 0. The van der Waals surface area contributed by atoms with E-state index in [9.17, 15) is 14.4 Å². The van der Waals surface area contributed by atoms with E-state index in [4.69, 9.17) is 4.74 Å². The van der Waals surface area contributed by atoms with Gasteiger partial charge in [-0.1, -0.05) is 44.2 Å². The van der Waals surface area contributed by atoms with Gasteiger partial charge in [-0.3, -0.25) is 14.5 Å². The quantitative estimate of drug-likeness (QED) is 0.483. The molecule has 1 saturated carbocycles. The van der Waals surface area contributed by atoms with Crippen LogP contribution in [0.4, 0.5) is 4.79 Å². The lowest BCUT2D eigenvalue weighted by Crippen LogP contribution is -2.49. The van der Waals surface area contributed by atoms with Gasteiger partial charge >= 0.3 is 6.03 Å². The largest absolute Gasteiger partial charge is 0.457 e. The number of nitrogens with one attached hydrogen (secondary N) is 2. The Morgan fingerprint density at radius 3 is 2.50 bits per heavy atom. The topological polar surface area (TPSA) is 91.0 Å². The van der Waals surface area contributed by atoms with E-state index in [0.717, 1.165) is 18.4 Å². The third kappa shape index (κ3) is 5.39. The highest BCUT2D eigenvalue weighted by Crippen LogP contribution is 2.39. The van der Waals surface area contributed by atoms with E-state index in [0.29, 0.717) is 48.2 Å². The summed E-state index contributed by atoms with van der Waals surface area (Å²) in [6.45, 7) is 7.32. The average Bonchev–Trinajstić information content (AvgIpc) is 3.68. The highest BCUT2D eigenvalue weighted by Gasteiger charge is 2.47. The number of nitrogens with zero attached hydrogens (tertiary/aromatic N) is 2. The molecule has 2 N–H and O–H groups in total. The molecule has 1 aliphatic carbocycles. The smallest absolute Gasteiger partial charge is 0.322 e. The zero-order valence-corrected chi connectivity index (χ0v) is 22.3. The third-order valence-corrected chi connectivity index (χ3v) is 7.37. The molecule has 2 heterocycles. The number of carbonyl (C=O) groups is 3. The van der Waals surface area contributed by atoms with Crippen molar-refractivity contribution < 1.29 is 19.1 Å². The SMILES string of the molecule is CCN1C(=O)N[C@H](c2cccc(Oc3ccccc3)c2)C2=C1CN([C@H](CC(C)C)C(=O)NCC1CC1)C2=O. The van der Waals surface area contributed by atoms with E-state index in [2.05, 4.69) is 24.5 Å². The number of carbonyl (C=O) groups excluding carboxylic acids is 3. The van der Waals surface area contributed by atoms with Gasteiger partial charge in [-0.2, -0.15) is 0 Å². The van der Waals surface area contributed by atoms with Gasteiger partial charge in [0.05, 0.1) is 23.9 Å². The van der Waals surface area contributed by atoms with E-state index in [1.54, 1.807) is 9.80 Å². The summed E-state index contributed by atoms with van der Waals surface area (Å²) in [7, 11) is 0. The molecule has 3 aliphatic rings. The van der Waals surface area contributed by atoms with Gasteiger partial charge in [-0.05, 0) is 67.9 Å². The van der Waals surface area contributed by atoms with Gasteiger partial charge in [-0.15, -0.1) is 0 Å². The normalized spacial score (nSPS) is 19.9. The van der Waals surface area contributed by atoms with Crippen molar-refractivity contribution in [2.24, 2.45) is 11.8 Å². The van der Waals surface area contributed by atoms with Gasteiger partial charge in [0, 0.05) is 13.1 Å². The lowest BCUT2D eigenvalue weighted by molar-refractivity contribution is -0.137. The number of rotatable bonds is 10. The Morgan fingerprint density at radius 1 is 1.08 bits per heavy atom. The lowest BCUT2D eigenvalue weighted by Gasteiger charge is -2.33. The number of likely N-dealkylation sites (N-methyl/N-ethyl adjacent to an activating group) is 1. The van der Waals surface area contributed by atoms with Crippen molar-refractivity contribution in [2.45, 2.75) is 52.1 Å². The molecule has 2 atom stereocenters. The molecule has 0 radical (unpaired) electrons. The van der Waals surface area contributed by atoms with Crippen LogP contribution in [0.2, 0.25) is 0 Å². The van der Waals surface area contributed by atoms with Crippen molar-refractivity contribution in [1.29, 1.82) is 0 Å². The monoisotopic (exact) mass is 516 g/mol. The van der Waals surface area contributed by atoms with E-state index in [1.807, 2.05) is 61.5 Å². The standard InChI is InChI=1S/C30H36N4O4/c1-4-33-25-18-34(24(15-19(2)3)28(35)31-17-20-13-14-20)29(36)26(25)27(32-30(33)37)21-9-8-12-23(16-21)38-22-10-6-5-7-11-22/h5-12,16,19-20,24,27H,4,13-15,17-18H2,1-3H3,(H,31,35)(H,32,37)/t24-,27-/m1/s1. The molecule has 8 heteroatoms. The average molecular weight is 517 g/mol. The van der Waals surface area contributed by atoms with Crippen LogP contribution in [0, 0.1) is 11.8 Å². The van der Waals surface area contributed by atoms with Crippen LogP contribution in [0.3, 0.4) is 0 Å². The fraction of sp³-hybridized carbons (Fsp3) is 0.433.